The van der Waals surface area contributed by atoms with Gasteiger partial charge in [0.1, 0.15) is 17.3 Å². The molecule has 2 aliphatic heterocycles. The molecule has 0 unspecified atom stereocenters. The Morgan fingerprint density at radius 1 is 0.875 bits per heavy atom. The number of rotatable bonds is 1. The fourth-order valence-corrected chi connectivity index (χ4v) is 4.17. The number of benzene rings is 3. The lowest BCUT2D eigenvalue weighted by molar-refractivity contribution is 0.181. The number of nitrogens with zero attached hydrogens (tertiary/aromatic N) is 3. The van der Waals surface area contributed by atoms with Crippen LogP contribution in [0.4, 0.5) is 16.2 Å². The monoisotopic (exact) mass is 466 g/mol. The van der Waals surface area contributed by atoms with Crippen molar-refractivity contribution in [1.29, 1.82) is 0 Å². The number of amides is 2. The molecule has 162 valence electrons. The first-order valence-corrected chi connectivity index (χ1v) is 11.1. The summed E-state index contributed by atoms with van der Waals surface area (Å²) in [6, 6.07) is 20.6. The number of amidine groups is 1. The molecule has 2 heterocycles. The number of hydrogen-bond donors (Lipinski definition) is 1. The smallest absolute Gasteiger partial charge is 0.322 e. The molecule has 2 aliphatic rings. The van der Waals surface area contributed by atoms with E-state index in [0.717, 1.165) is 28.6 Å². The number of fused-ring (bicyclic) bond motifs is 2. The Labute approximate surface area is 196 Å². The van der Waals surface area contributed by atoms with E-state index in [-0.39, 0.29) is 6.03 Å². The normalized spacial score (nSPS) is 15.1. The van der Waals surface area contributed by atoms with Crippen LogP contribution in [0.15, 0.2) is 71.7 Å². The van der Waals surface area contributed by atoms with Gasteiger partial charge in [-0.3, -0.25) is 0 Å². The fourth-order valence-electron chi connectivity index (χ4n) is 3.83. The molecule has 0 saturated carbocycles. The molecule has 1 saturated heterocycles. The minimum atomic E-state index is -0.203. The Hall–Kier alpha value is -3.22. The van der Waals surface area contributed by atoms with Crippen molar-refractivity contribution in [2.24, 2.45) is 4.99 Å². The van der Waals surface area contributed by atoms with E-state index in [1.165, 1.54) is 0 Å². The Bertz CT molecular complexity index is 1210. The zero-order chi connectivity index (χ0) is 22.1. The molecule has 0 bridgehead atoms. The van der Waals surface area contributed by atoms with E-state index in [1.54, 1.807) is 23.1 Å². The number of ether oxygens (including phenoxy) is 1. The number of carbonyl (C=O) groups is 1. The van der Waals surface area contributed by atoms with Gasteiger partial charge >= 0.3 is 6.03 Å². The molecule has 32 heavy (non-hydrogen) atoms. The lowest BCUT2D eigenvalue weighted by Gasteiger charge is -2.36. The zero-order valence-corrected chi connectivity index (χ0v) is 18.6. The molecular formula is C24H20Cl2N4O2. The SMILES string of the molecule is O=C(Nc1cccc(Cl)c1Cl)N1CCN(C2=Nc3ccccc3Oc3ccccc32)CC1. The summed E-state index contributed by atoms with van der Waals surface area (Å²) >= 11 is 12.3. The lowest BCUT2D eigenvalue weighted by Crippen LogP contribution is -2.51. The molecule has 0 atom stereocenters. The van der Waals surface area contributed by atoms with Gasteiger partial charge in [0.2, 0.25) is 0 Å². The van der Waals surface area contributed by atoms with Gasteiger partial charge < -0.3 is 19.9 Å². The number of anilines is 1. The number of urea groups is 1. The number of para-hydroxylation sites is 3. The first kappa shape index (κ1) is 20.7. The Morgan fingerprint density at radius 2 is 1.59 bits per heavy atom. The molecule has 3 aromatic carbocycles. The minimum absolute atomic E-state index is 0.203. The molecule has 0 aliphatic carbocycles. The van der Waals surface area contributed by atoms with Gasteiger partial charge in [-0.2, -0.15) is 0 Å². The highest BCUT2D eigenvalue weighted by Gasteiger charge is 2.27. The van der Waals surface area contributed by atoms with E-state index in [0.29, 0.717) is 41.9 Å². The van der Waals surface area contributed by atoms with E-state index >= 15 is 0 Å². The van der Waals surface area contributed by atoms with E-state index in [2.05, 4.69) is 10.2 Å². The summed E-state index contributed by atoms with van der Waals surface area (Å²) in [4.78, 5) is 21.7. The maximum atomic E-state index is 12.8. The molecule has 3 aromatic rings. The number of piperazine rings is 1. The van der Waals surface area contributed by atoms with Gasteiger partial charge in [-0.05, 0) is 36.4 Å². The van der Waals surface area contributed by atoms with Crippen molar-refractivity contribution in [3.8, 4) is 11.5 Å². The van der Waals surface area contributed by atoms with Gasteiger partial charge in [-0.15, -0.1) is 0 Å². The minimum Gasteiger partial charge on any atom is -0.454 e. The number of hydrogen-bond acceptors (Lipinski definition) is 4. The lowest BCUT2D eigenvalue weighted by atomic mass is 10.1. The van der Waals surface area contributed by atoms with E-state index in [9.17, 15) is 4.79 Å². The van der Waals surface area contributed by atoms with Crippen LogP contribution in [0.1, 0.15) is 5.56 Å². The molecule has 0 spiro atoms. The third-order valence-corrected chi connectivity index (χ3v) is 6.32. The van der Waals surface area contributed by atoms with Crippen molar-refractivity contribution in [2.75, 3.05) is 31.5 Å². The topological polar surface area (TPSA) is 57.2 Å². The fraction of sp³-hybridized carbons (Fsp3) is 0.167. The first-order chi connectivity index (χ1) is 15.6. The van der Waals surface area contributed by atoms with Crippen molar-refractivity contribution in [3.63, 3.8) is 0 Å². The van der Waals surface area contributed by atoms with Crippen LogP contribution in [0.25, 0.3) is 0 Å². The van der Waals surface area contributed by atoms with Crippen LogP contribution < -0.4 is 10.1 Å². The van der Waals surface area contributed by atoms with Crippen LogP contribution >= 0.6 is 23.2 Å². The molecule has 8 heteroatoms. The Balaban J connectivity index is 1.34. The van der Waals surface area contributed by atoms with E-state index in [1.807, 2.05) is 48.5 Å². The first-order valence-electron chi connectivity index (χ1n) is 10.3. The summed E-state index contributed by atoms with van der Waals surface area (Å²) in [5, 5.41) is 3.60. The standard InChI is InChI=1S/C24H20Cl2N4O2/c25-17-7-5-9-19(22(17)26)28-24(31)30-14-12-29(13-15-30)23-16-6-1-3-10-20(16)32-21-11-4-2-8-18(21)27-23/h1-11H,12-15H2,(H,28,31). The van der Waals surface area contributed by atoms with Crippen molar-refractivity contribution >= 4 is 46.4 Å². The van der Waals surface area contributed by atoms with Crippen LogP contribution in [0.5, 0.6) is 11.5 Å². The summed E-state index contributed by atoms with van der Waals surface area (Å²) in [6.45, 7) is 2.39. The van der Waals surface area contributed by atoms with Crippen molar-refractivity contribution < 1.29 is 9.53 Å². The van der Waals surface area contributed by atoms with Gasteiger partial charge in [-0.1, -0.05) is 53.5 Å². The van der Waals surface area contributed by atoms with Gasteiger partial charge in [-0.25, -0.2) is 9.79 Å². The molecule has 1 N–H and O–H groups in total. The zero-order valence-electron chi connectivity index (χ0n) is 17.1. The highest BCUT2D eigenvalue weighted by atomic mass is 35.5. The largest absolute Gasteiger partial charge is 0.454 e. The highest BCUT2D eigenvalue weighted by molar-refractivity contribution is 6.43. The average Bonchev–Trinajstić information content (AvgIpc) is 2.99. The summed E-state index contributed by atoms with van der Waals surface area (Å²) in [5.41, 5.74) is 2.23. The quantitative estimate of drug-likeness (QED) is 0.476. The van der Waals surface area contributed by atoms with Gasteiger partial charge in [0, 0.05) is 26.2 Å². The molecule has 0 radical (unpaired) electrons. The van der Waals surface area contributed by atoms with Crippen LogP contribution in [0.2, 0.25) is 10.0 Å². The van der Waals surface area contributed by atoms with Crippen LogP contribution in [0.3, 0.4) is 0 Å². The second kappa shape index (κ2) is 8.73. The maximum absolute atomic E-state index is 12.8. The maximum Gasteiger partial charge on any atom is 0.322 e. The third-order valence-electron chi connectivity index (χ3n) is 5.50. The summed E-state index contributed by atoms with van der Waals surface area (Å²) < 4.78 is 6.13. The summed E-state index contributed by atoms with van der Waals surface area (Å²) in [6.07, 6.45) is 0. The Morgan fingerprint density at radius 3 is 2.41 bits per heavy atom. The van der Waals surface area contributed by atoms with E-state index in [4.69, 9.17) is 32.9 Å². The molecule has 5 rings (SSSR count). The van der Waals surface area contributed by atoms with Crippen molar-refractivity contribution in [3.05, 3.63) is 82.3 Å². The van der Waals surface area contributed by atoms with Crippen molar-refractivity contribution in [2.45, 2.75) is 0 Å². The summed E-state index contributed by atoms with van der Waals surface area (Å²) in [7, 11) is 0. The predicted octanol–water partition coefficient (Wildman–Crippen LogP) is 6.03. The number of nitrogens with one attached hydrogen (secondary N) is 1. The third kappa shape index (κ3) is 3.99. The molecule has 1 fully saturated rings. The number of aliphatic imine (C=N–C) groups is 1. The molecule has 2 amide bonds. The van der Waals surface area contributed by atoms with Crippen molar-refractivity contribution in [1.82, 2.24) is 9.80 Å². The predicted molar refractivity (Wildman–Crippen MR) is 128 cm³/mol. The van der Waals surface area contributed by atoms with E-state index < -0.39 is 0 Å². The molecular weight excluding hydrogens is 447 g/mol. The van der Waals surface area contributed by atoms with Gasteiger partial charge in [0.25, 0.3) is 0 Å². The molecule has 0 aromatic heterocycles. The van der Waals surface area contributed by atoms with Gasteiger partial charge in [0.15, 0.2) is 5.75 Å². The van der Waals surface area contributed by atoms with Gasteiger partial charge in [0.05, 0.1) is 21.3 Å². The van der Waals surface area contributed by atoms with Crippen LogP contribution in [-0.4, -0.2) is 47.8 Å². The Kier molecular flexibility index (Phi) is 5.64. The molecule has 6 nitrogen and oxygen atoms in total. The number of halogens is 2. The second-order valence-corrected chi connectivity index (χ2v) is 8.29. The number of carbonyl (C=O) groups excluding carboxylic acids is 1. The average molecular weight is 467 g/mol. The summed E-state index contributed by atoms with van der Waals surface area (Å²) in [5.74, 6) is 2.35. The highest BCUT2D eigenvalue weighted by Crippen LogP contribution is 2.38. The van der Waals surface area contributed by atoms with Crippen LogP contribution in [-0.2, 0) is 0 Å². The van der Waals surface area contributed by atoms with Crippen LogP contribution in [0, 0.1) is 0 Å². The second-order valence-electron chi connectivity index (χ2n) is 7.51.